The van der Waals surface area contributed by atoms with Crippen molar-refractivity contribution in [2.45, 2.75) is 13.3 Å². The van der Waals surface area contributed by atoms with Gasteiger partial charge in [0.05, 0.1) is 13.0 Å². The number of aliphatic hydroxyl groups excluding tert-OH is 1. The quantitative estimate of drug-likeness (QED) is 0.787. The highest BCUT2D eigenvalue weighted by Crippen LogP contribution is 2.13. The Morgan fingerprint density at radius 2 is 1.93 bits per heavy atom. The smallest absolute Gasteiger partial charge is 0.229 e. The van der Waals surface area contributed by atoms with E-state index in [0.29, 0.717) is 0 Å². The number of aryl methyl sites for hydroxylation is 1. The summed E-state index contributed by atoms with van der Waals surface area (Å²) < 4.78 is 0. The number of amides is 1. The van der Waals surface area contributed by atoms with E-state index < -0.39 is 0 Å². The number of benzene rings is 1. The molecular weight excluding hydrogens is 178 g/mol. The van der Waals surface area contributed by atoms with Crippen molar-refractivity contribution in [1.29, 1.82) is 0 Å². The molecule has 0 aliphatic carbocycles. The Morgan fingerprint density at radius 1 is 1.36 bits per heavy atom. The Bertz CT molecular complexity index is 306. The minimum atomic E-state index is -0.102. The summed E-state index contributed by atoms with van der Waals surface area (Å²) in [5.74, 6) is -0.0728. The van der Waals surface area contributed by atoms with Gasteiger partial charge in [-0.2, -0.15) is 0 Å². The zero-order valence-corrected chi connectivity index (χ0v) is 8.53. The first-order valence-corrected chi connectivity index (χ1v) is 4.59. The number of carbonyl (C=O) groups excluding carboxylic acids is 1. The number of anilines is 1. The molecule has 0 radical (unpaired) electrons. The van der Waals surface area contributed by atoms with Crippen molar-refractivity contribution in [3.63, 3.8) is 0 Å². The molecule has 0 saturated carbocycles. The highest BCUT2D eigenvalue weighted by molar-refractivity contribution is 5.92. The topological polar surface area (TPSA) is 40.5 Å². The van der Waals surface area contributed by atoms with E-state index in [4.69, 9.17) is 5.11 Å². The Balaban J connectivity index is 2.73. The van der Waals surface area contributed by atoms with E-state index in [2.05, 4.69) is 0 Å². The fourth-order valence-electron chi connectivity index (χ4n) is 1.18. The Morgan fingerprint density at radius 3 is 2.43 bits per heavy atom. The maximum Gasteiger partial charge on any atom is 0.229 e. The fourth-order valence-corrected chi connectivity index (χ4v) is 1.18. The van der Waals surface area contributed by atoms with E-state index in [1.165, 1.54) is 0 Å². The lowest BCUT2D eigenvalue weighted by Gasteiger charge is -2.16. The lowest BCUT2D eigenvalue weighted by atomic mass is 10.2. The molecule has 1 aromatic rings. The van der Waals surface area contributed by atoms with E-state index >= 15 is 0 Å². The van der Waals surface area contributed by atoms with E-state index in [-0.39, 0.29) is 18.9 Å². The van der Waals surface area contributed by atoms with Crippen LogP contribution in [0.15, 0.2) is 24.3 Å². The van der Waals surface area contributed by atoms with Gasteiger partial charge in [0.25, 0.3) is 0 Å². The van der Waals surface area contributed by atoms with Gasteiger partial charge in [0.1, 0.15) is 0 Å². The Labute approximate surface area is 84.0 Å². The first kappa shape index (κ1) is 10.7. The zero-order valence-electron chi connectivity index (χ0n) is 8.53. The molecule has 14 heavy (non-hydrogen) atoms. The summed E-state index contributed by atoms with van der Waals surface area (Å²) in [6.07, 6.45) is 0.171. The highest BCUT2D eigenvalue weighted by Gasteiger charge is 2.08. The molecule has 0 saturated heterocycles. The number of carbonyl (C=O) groups is 1. The predicted molar refractivity (Wildman–Crippen MR) is 56.3 cm³/mol. The Hall–Kier alpha value is -1.35. The number of hydrogen-bond donors (Lipinski definition) is 1. The first-order chi connectivity index (χ1) is 6.65. The molecular formula is C11H15NO2. The van der Waals surface area contributed by atoms with E-state index in [9.17, 15) is 4.79 Å². The van der Waals surface area contributed by atoms with Crippen LogP contribution in [0, 0.1) is 6.92 Å². The maximum absolute atomic E-state index is 11.4. The molecule has 76 valence electrons. The molecule has 3 nitrogen and oxygen atoms in total. The lowest BCUT2D eigenvalue weighted by Crippen LogP contribution is -2.26. The van der Waals surface area contributed by atoms with Crippen molar-refractivity contribution < 1.29 is 9.90 Å². The number of aliphatic hydroxyl groups is 1. The summed E-state index contributed by atoms with van der Waals surface area (Å²) in [4.78, 5) is 12.9. The van der Waals surface area contributed by atoms with Crippen LogP contribution >= 0.6 is 0 Å². The van der Waals surface area contributed by atoms with E-state index in [1.54, 1.807) is 11.9 Å². The second kappa shape index (κ2) is 4.77. The van der Waals surface area contributed by atoms with Crippen molar-refractivity contribution >= 4 is 11.6 Å². The fraction of sp³-hybridized carbons (Fsp3) is 0.364. The second-order valence-electron chi connectivity index (χ2n) is 3.26. The van der Waals surface area contributed by atoms with Crippen LogP contribution < -0.4 is 4.90 Å². The summed E-state index contributed by atoms with van der Waals surface area (Å²) in [6.45, 7) is 1.90. The molecule has 0 atom stereocenters. The SMILES string of the molecule is Cc1ccc(N(C)C(=O)CCO)cc1. The molecule has 0 spiro atoms. The molecule has 1 N–H and O–H groups in total. The minimum Gasteiger partial charge on any atom is -0.396 e. The first-order valence-electron chi connectivity index (χ1n) is 4.59. The standard InChI is InChI=1S/C11H15NO2/c1-9-3-5-10(6-4-9)12(2)11(14)7-8-13/h3-6,13H,7-8H2,1-2H3. The minimum absolute atomic E-state index is 0.0728. The van der Waals surface area contributed by atoms with Gasteiger partial charge < -0.3 is 10.0 Å². The summed E-state index contributed by atoms with van der Waals surface area (Å²) in [5, 5.41) is 8.63. The summed E-state index contributed by atoms with van der Waals surface area (Å²) in [5.41, 5.74) is 2.02. The molecule has 1 aromatic carbocycles. The van der Waals surface area contributed by atoms with Gasteiger partial charge in [-0.25, -0.2) is 0 Å². The summed E-state index contributed by atoms with van der Waals surface area (Å²) in [6, 6.07) is 7.70. The van der Waals surface area contributed by atoms with Gasteiger partial charge in [0.15, 0.2) is 0 Å². The average Bonchev–Trinajstić information content (AvgIpc) is 2.18. The molecule has 3 heteroatoms. The van der Waals surface area contributed by atoms with Crippen molar-refractivity contribution in [3.8, 4) is 0 Å². The molecule has 0 aromatic heterocycles. The van der Waals surface area contributed by atoms with Crippen molar-refractivity contribution in [3.05, 3.63) is 29.8 Å². The maximum atomic E-state index is 11.4. The van der Waals surface area contributed by atoms with Crippen molar-refractivity contribution in [2.24, 2.45) is 0 Å². The van der Waals surface area contributed by atoms with Crippen LogP contribution in [0.25, 0.3) is 0 Å². The van der Waals surface area contributed by atoms with Crippen LogP contribution in [-0.4, -0.2) is 24.7 Å². The van der Waals surface area contributed by atoms with Gasteiger partial charge in [-0.1, -0.05) is 17.7 Å². The number of hydrogen-bond acceptors (Lipinski definition) is 2. The van der Waals surface area contributed by atoms with E-state index in [0.717, 1.165) is 11.3 Å². The van der Waals surface area contributed by atoms with Gasteiger partial charge in [-0.15, -0.1) is 0 Å². The van der Waals surface area contributed by atoms with Crippen molar-refractivity contribution in [1.82, 2.24) is 0 Å². The van der Waals surface area contributed by atoms with Gasteiger partial charge in [0.2, 0.25) is 5.91 Å². The van der Waals surface area contributed by atoms with Crippen LogP contribution in [0.1, 0.15) is 12.0 Å². The second-order valence-corrected chi connectivity index (χ2v) is 3.26. The Kier molecular flexibility index (Phi) is 3.65. The monoisotopic (exact) mass is 193 g/mol. The lowest BCUT2D eigenvalue weighted by molar-refractivity contribution is -0.118. The zero-order chi connectivity index (χ0) is 10.6. The molecule has 1 amide bonds. The number of rotatable bonds is 3. The molecule has 0 fully saturated rings. The predicted octanol–water partition coefficient (Wildman–Crippen LogP) is 1.34. The third-order valence-corrected chi connectivity index (χ3v) is 2.12. The average molecular weight is 193 g/mol. The largest absolute Gasteiger partial charge is 0.396 e. The van der Waals surface area contributed by atoms with E-state index in [1.807, 2.05) is 31.2 Å². The highest BCUT2D eigenvalue weighted by atomic mass is 16.3. The van der Waals surface area contributed by atoms with Gasteiger partial charge in [0, 0.05) is 12.7 Å². The van der Waals surface area contributed by atoms with Gasteiger partial charge in [-0.05, 0) is 19.1 Å². The number of nitrogens with zero attached hydrogens (tertiary/aromatic N) is 1. The van der Waals surface area contributed by atoms with Crippen LogP contribution in [-0.2, 0) is 4.79 Å². The molecule has 0 aliphatic heterocycles. The van der Waals surface area contributed by atoms with Gasteiger partial charge >= 0.3 is 0 Å². The molecule has 0 bridgehead atoms. The van der Waals surface area contributed by atoms with Crippen LogP contribution in [0.2, 0.25) is 0 Å². The third-order valence-electron chi connectivity index (χ3n) is 2.12. The third kappa shape index (κ3) is 2.57. The van der Waals surface area contributed by atoms with Crippen molar-refractivity contribution in [2.75, 3.05) is 18.6 Å². The molecule has 0 aliphatic rings. The summed E-state index contributed by atoms with van der Waals surface area (Å²) in [7, 11) is 1.71. The molecule has 0 heterocycles. The normalized spacial score (nSPS) is 9.93. The van der Waals surface area contributed by atoms with Gasteiger partial charge in [-0.3, -0.25) is 4.79 Å². The summed E-state index contributed by atoms with van der Waals surface area (Å²) >= 11 is 0. The van der Waals surface area contributed by atoms with Crippen LogP contribution in [0.3, 0.4) is 0 Å². The molecule has 1 rings (SSSR count). The van der Waals surface area contributed by atoms with Crippen LogP contribution in [0.4, 0.5) is 5.69 Å². The molecule has 0 unspecified atom stereocenters. The van der Waals surface area contributed by atoms with Crippen LogP contribution in [0.5, 0.6) is 0 Å².